The van der Waals surface area contributed by atoms with Crippen LogP contribution in [-0.4, -0.2) is 37.0 Å². The van der Waals surface area contributed by atoms with Gasteiger partial charge in [-0.25, -0.2) is 18.1 Å². The first-order chi connectivity index (χ1) is 12.4. The van der Waals surface area contributed by atoms with Gasteiger partial charge in [-0.15, -0.1) is 0 Å². The first-order valence-corrected chi connectivity index (χ1v) is 9.90. The van der Waals surface area contributed by atoms with Crippen LogP contribution in [0.5, 0.6) is 0 Å². The molecule has 1 unspecified atom stereocenters. The lowest BCUT2D eigenvalue weighted by atomic mass is 10.1. The molecule has 0 bridgehead atoms. The van der Waals surface area contributed by atoms with Gasteiger partial charge in [-0.05, 0) is 44.2 Å². The van der Waals surface area contributed by atoms with E-state index in [1.54, 1.807) is 18.2 Å². The number of aryl methyl sites for hydroxylation is 2. The van der Waals surface area contributed by atoms with Crippen molar-refractivity contribution in [1.29, 1.82) is 0 Å². The summed E-state index contributed by atoms with van der Waals surface area (Å²) in [6.45, 7) is 2.70. The minimum Gasteiger partial charge on any atom is -0.348 e. The molecule has 2 aromatic rings. The maximum atomic E-state index is 12.1. The number of carbonyl (C=O) groups excluding carboxylic acids is 1. The Hall–Kier alpha value is -2.45. The summed E-state index contributed by atoms with van der Waals surface area (Å²) >= 11 is 0. The third-order valence-corrected chi connectivity index (χ3v) is 5.78. The van der Waals surface area contributed by atoms with Crippen molar-refractivity contribution in [3.05, 3.63) is 53.6 Å². The van der Waals surface area contributed by atoms with Crippen molar-refractivity contribution in [2.75, 3.05) is 7.05 Å². The van der Waals surface area contributed by atoms with E-state index in [1.807, 2.05) is 13.1 Å². The van der Waals surface area contributed by atoms with Crippen LogP contribution in [0.25, 0.3) is 6.08 Å². The molecule has 1 aromatic carbocycles. The van der Waals surface area contributed by atoms with E-state index in [-0.39, 0.29) is 16.8 Å². The van der Waals surface area contributed by atoms with Gasteiger partial charge in [0.2, 0.25) is 15.9 Å². The fourth-order valence-electron chi connectivity index (χ4n) is 3.00. The molecule has 0 saturated carbocycles. The van der Waals surface area contributed by atoms with Crippen LogP contribution in [0.15, 0.2) is 41.4 Å². The van der Waals surface area contributed by atoms with E-state index in [1.165, 1.54) is 25.3 Å². The summed E-state index contributed by atoms with van der Waals surface area (Å²) in [6.07, 6.45) is 6.86. The standard InChI is InChI=1S/C18H22N4O3S/c1-13-11-22-12-15(6-9-17(22)20-13)21-18(23)10-5-14-3-7-16(8-4-14)26(24,25)19-2/h3-5,7-8,10-11,15,19H,6,9,12H2,1-2H3,(H,21,23)/b10-5+. The molecule has 0 saturated heterocycles. The number of rotatable bonds is 5. The molecular weight excluding hydrogens is 352 g/mol. The Morgan fingerprint density at radius 1 is 1.31 bits per heavy atom. The van der Waals surface area contributed by atoms with E-state index in [0.717, 1.165) is 36.5 Å². The van der Waals surface area contributed by atoms with Gasteiger partial charge in [-0.3, -0.25) is 4.79 Å². The van der Waals surface area contributed by atoms with Gasteiger partial charge in [0.15, 0.2) is 0 Å². The number of nitrogens with zero attached hydrogens (tertiary/aromatic N) is 2. The molecule has 1 atom stereocenters. The van der Waals surface area contributed by atoms with Crippen LogP contribution in [0.4, 0.5) is 0 Å². The first-order valence-electron chi connectivity index (χ1n) is 8.42. The zero-order chi connectivity index (χ0) is 18.7. The second-order valence-electron chi connectivity index (χ2n) is 6.30. The molecule has 2 heterocycles. The van der Waals surface area contributed by atoms with Crippen molar-refractivity contribution in [3.8, 4) is 0 Å². The van der Waals surface area contributed by atoms with E-state index < -0.39 is 10.0 Å². The lowest BCUT2D eigenvalue weighted by molar-refractivity contribution is -0.117. The van der Waals surface area contributed by atoms with Gasteiger partial charge in [0.1, 0.15) is 5.82 Å². The number of imidazole rings is 1. The molecular formula is C18H22N4O3S. The Morgan fingerprint density at radius 2 is 2.04 bits per heavy atom. The van der Waals surface area contributed by atoms with Gasteiger partial charge in [0.05, 0.1) is 10.6 Å². The minimum absolute atomic E-state index is 0.0800. The Labute approximate surface area is 153 Å². The number of fused-ring (bicyclic) bond motifs is 1. The molecule has 7 nitrogen and oxygen atoms in total. The highest BCUT2D eigenvalue weighted by Gasteiger charge is 2.20. The SMILES string of the molecule is CNS(=O)(=O)c1ccc(/C=C/C(=O)NC2CCc3nc(C)cn3C2)cc1. The Morgan fingerprint density at radius 3 is 2.73 bits per heavy atom. The Kier molecular flexibility index (Phi) is 5.24. The van der Waals surface area contributed by atoms with Gasteiger partial charge < -0.3 is 9.88 Å². The van der Waals surface area contributed by atoms with Gasteiger partial charge in [0.25, 0.3) is 0 Å². The summed E-state index contributed by atoms with van der Waals surface area (Å²) in [7, 11) is -2.08. The van der Waals surface area contributed by atoms with E-state index in [2.05, 4.69) is 19.6 Å². The maximum Gasteiger partial charge on any atom is 0.244 e. The van der Waals surface area contributed by atoms with Gasteiger partial charge in [-0.2, -0.15) is 0 Å². The number of sulfonamides is 1. The number of hydrogen-bond donors (Lipinski definition) is 2. The van der Waals surface area contributed by atoms with E-state index >= 15 is 0 Å². The summed E-state index contributed by atoms with van der Waals surface area (Å²) < 4.78 is 27.7. The van der Waals surface area contributed by atoms with Crippen LogP contribution in [0.3, 0.4) is 0 Å². The largest absolute Gasteiger partial charge is 0.348 e. The monoisotopic (exact) mass is 374 g/mol. The fourth-order valence-corrected chi connectivity index (χ4v) is 3.73. The maximum absolute atomic E-state index is 12.1. The van der Waals surface area contributed by atoms with Crippen molar-refractivity contribution in [1.82, 2.24) is 19.6 Å². The highest BCUT2D eigenvalue weighted by Crippen LogP contribution is 2.15. The summed E-state index contributed by atoms with van der Waals surface area (Å²) in [5.74, 6) is 0.905. The molecule has 1 aliphatic heterocycles. The van der Waals surface area contributed by atoms with Crippen molar-refractivity contribution in [3.63, 3.8) is 0 Å². The summed E-state index contributed by atoms with van der Waals surface area (Å²) in [5, 5.41) is 3.00. The number of hydrogen-bond acceptors (Lipinski definition) is 4. The van der Waals surface area contributed by atoms with Crippen LogP contribution in [0.2, 0.25) is 0 Å². The highest BCUT2D eigenvalue weighted by atomic mass is 32.2. The lowest BCUT2D eigenvalue weighted by Crippen LogP contribution is -2.40. The Balaban J connectivity index is 1.58. The lowest BCUT2D eigenvalue weighted by Gasteiger charge is -2.24. The number of nitrogens with one attached hydrogen (secondary N) is 2. The van der Waals surface area contributed by atoms with Crippen molar-refractivity contribution in [2.45, 2.75) is 37.2 Å². The predicted octanol–water partition coefficient (Wildman–Crippen LogP) is 1.24. The molecule has 8 heteroatoms. The van der Waals surface area contributed by atoms with Gasteiger partial charge >= 0.3 is 0 Å². The topological polar surface area (TPSA) is 93.1 Å². The third kappa shape index (κ3) is 4.20. The second kappa shape index (κ2) is 7.43. The summed E-state index contributed by atoms with van der Waals surface area (Å²) in [6, 6.07) is 6.42. The molecule has 0 fully saturated rings. The predicted molar refractivity (Wildman–Crippen MR) is 98.9 cm³/mol. The molecule has 138 valence electrons. The first kappa shape index (κ1) is 18.3. The van der Waals surface area contributed by atoms with Crippen LogP contribution >= 0.6 is 0 Å². The van der Waals surface area contributed by atoms with Crippen LogP contribution in [0, 0.1) is 6.92 Å². The number of amides is 1. The molecule has 1 aromatic heterocycles. The van der Waals surface area contributed by atoms with Crippen LogP contribution in [0.1, 0.15) is 23.5 Å². The summed E-state index contributed by atoms with van der Waals surface area (Å²) in [4.78, 5) is 16.8. The van der Waals surface area contributed by atoms with Crippen molar-refractivity contribution >= 4 is 22.0 Å². The number of carbonyl (C=O) groups is 1. The normalized spacial score (nSPS) is 17.2. The highest BCUT2D eigenvalue weighted by molar-refractivity contribution is 7.89. The molecule has 2 N–H and O–H groups in total. The molecule has 1 amide bonds. The minimum atomic E-state index is -3.45. The molecule has 0 spiro atoms. The van der Waals surface area contributed by atoms with Gasteiger partial charge in [0, 0.05) is 31.3 Å². The summed E-state index contributed by atoms with van der Waals surface area (Å²) in [5.41, 5.74) is 1.75. The quantitative estimate of drug-likeness (QED) is 0.770. The molecule has 26 heavy (non-hydrogen) atoms. The van der Waals surface area contributed by atoms with Crippen LogP contribution < -0.4 is 10.0 Å². The number of benzene rings is 1. The zero-order valence-corrected chi connectivity index (χ0v) is 15.6. The second-order valence-corrected chi connectivity index (χ2v) is 8.19. The third-order valence-electron chi connectivity index (χ3n) is 4.35. The Bertz CT molecular complexity index is 930. The van der Waals surface area contributed by atoms with Crippen molar-refractivity contribution in [2.24, 2.45) is 0 Å². The smallest absolute Gasteiger partial charge is 0.244 e. The van der Waals surface area contributed by atoms with E-state index in [4.69, 9.17) is 0 Å². The average molecular weight is 374 g/mol. The average Bonchev–Trinajstić information content (AvgIpc) is 2.99. The zero-order valence-electron chi connectivity index (χ0n) is 14.8. The molecule has 3 rings (SSSR count). The number of aromatic nitrogens is 2. The van der Waals surface area contributed by atoms with E-state index in [9.17, 15) is 13.2 Å². The van der Waals surface area contributed by atoms with E-state index in [0.29, 0.717) is 0 Å². The van der Waals surface area contributed by atoms with Crippen LogP contribution in [-0.2, 0) is 27.8 Å². The molecule has 1 aliphatic rings. The van der Waals surface area contributed by atoms with Gasteiger partial charge in [-0.1, -0.05) is 12.1 Å². The molecule has 0 aliphatic carbocycles. The van der Waals surface area contributed by atoms with Crippen molar-refractivity contribution < 1.29 is 13.2 Å². The fraction of sp³-hybridized carbons (Fsp3) is 0.333. The molecule has 0 radical (unpaired) electrons.